The zero-order valence-electron chi connectivity index (χ0n) is 7.97. The van der Waals surface area contributed by atoms with E-state index >= 15 is 0 Å². The van der Waals surface area contributed by atoms with Gasteiger partial charge in [0, 0.05) is 21.8 Å². The Labute approximate surface area is 92.0 Å². The van der Waals surface area contributed by atoms with Crippen molar-refractivity contribution in [3.63, 3.8) is 0 Å². The van der Waals surface area contributed by atoms with Gasteiger partial charge in [-0.15, -0.1) is 11.3 Å². The molecule has 71 valence electrons. The van der Waals surface area contributed by atoms with Crippen LogP contribution >= 0.6 is 11.3 Å². The zero-order chi connectivity index (χ0) is 10.1. The van der Waals surface area contributed by atoms with Gasteiger partial charge in [0.1, 0.15) is 0 Å². The molecule has 0 saturated carbocycles. The number of thiophene rings is 1. The second-order valence-electron chi connectivity index (χ2n) is 3.30. The maximum Gasteiger partial charge on any atom is 0.0702 e. The number of fused-ring (bicyclic) bond motifs is 1. The second-order valence-corrected chi connectivity index (χ2v) is 4.25. The molecule has 0 spiro atoms. The third kappa shape index (κ3) is 1.53. The van der Waals surface area contributed by atoms with E-state index in [2.05, 4.69) is 28.6 Å². The Bertz CT molecular complexity index is 584. The third-order valence-corrected chi connectivity index (χ3v) is 3.19. The van der Waals surface area contributed by atoms with Crippen molar-refractivity contribution in [3.8, 4) is 11.3 Å². The summed E-state index contributed by atoms with van der Waals surface area (Å²) in [5, 5.41) is 3.27. The molecule has 15 heavy (non-hydrogen) atoms. The second kappa shape index (κ2) is 3.48. The van der Waals surface area contributed by atoms with Gasteiger partial charge in [-0.1, -0.05) is 6.07 Å². The third-order valence-electron chi connectivity index (χ3n) is 2.33. The maximum atomic E-state index is 4.32. The molecule has 0 bridgehead atoms. The van der Waals surface area contributed by atoms with Crippen LogP contribution in [0.25, 0.3) is 21.3 Å². The molecule has 0 aliphatic rings. The lowest BCUT2D eigenvalue weighted by Crippen LogP contribution is -1.80. The Morgan fingerprint density at radius 1 is 1.20 bits per heavy atom. The lowest BCUT2D eigenvalue weighted by atomic mass is 10.1. The highest BCUT2D eigenvalue weighted by molar-refractivity contribution is 7.17. The van der Waals surface area contributed by atoms with Gasteiger partial charge in [0.25, 0.3) is 0 Å². The van der Waals surface area contributed by atoms with E-state index in [9.17, 15) is 0 Å². The van der Waals surface area contributed by atoms with E-state index in [0.717, 1.165) is 11.3 Å². The highest BCUT2D eigenvalue weighted by Gasteiger charge is 2.00. The molecule has 2 heteroatoms. The molecule has 0 amide bonds. The van der Waals surface area contributed by atoms with Crippen molar-refractivity contribution in [2.45, 2.75) is 0 Å². The van der Waals surface area contributed by atoms with Gasteiger partial charge in [-0.25, -0.2) is 0 Å². The fourth-order valence-electron chi connectivity index (χ4n) is 1.57. The summed E-state index contributed by atoms with van der Waals surface area (Å²) in [6, 6.07) is 15.5. The van der Waals surface area contributed by atoms with Crippen LogP contribution in [0.1, 0.15) is 0 Å². The average Bonchev–Trinajstić information content (AvgIpc) is 2.77. The molecule has 1 radical (unpaired) electrons. The Hall–Kier alpha value is -1.67. The van der Waals surface area contributed by atoms with Crippen LogP contribution in [0, 0.1) is 6.07 Å². The minimum atomic E-state index is 1.00. The topological polar surface area (TPSA) is 12.9 Å². The minimum absolute atomic E-state index is 1.00. The van der Waals surface area contributed by atoms with Crippen molar-refractivity contribution in [2.24, 2.45) is 0 Å². The van der Waals surface area contributed by atoms with Gasteiger partial charge in [-0.3, -0.25) is 4.98 Å². The first-order chi connectivity index (χ1) is 7.43. The summed E-state index contributed by atoms with van der Waals surface area (Å²) in [6.07, 6.45) is 1.81. The number of nitrogens with zero attached hydrogens (tertiary/aromatic N) is 1. The molecule has 0 saturated heterocycles. The quantitative estimate of drug-likeness (QED) is 0.596. The lowest BCUT2D eigenvalue weighted by molar-refractivity contribution is 1.33. The molecule has 2 aromatic heterocycles. The number of rotatable bonds is 1. The molecular formula is C13H8NS. The summed E-state index contributed by atoms with van der Waals surface area (Å²) in [5.41, 5.74) is 2.13. The van der Waals surface area contributed by atoms with E-state index in [1.54, 1.807) is 11.3 Å². The first kappa shape index (κ1) is 8.62. The largest absolute Gasteiger partial charge is 0.256 e. The van der Waals surface area contributed by atoms with Gasteiger partial charge < -0.3 is 0 Å². The summed E-state index contributed by atoms with van der Waals surface area (Å²) >= 11 is 1.74. The Balaban J connectivity index is 2.19. The van der Waals surface area contributed by atoms with E-state index in [-0.39, 0.29) is 0 Å². The van der Waals surface area contributed by atoms with Crippen molar-refractivity contribution < 1.29 is 0 Å². The van der Waals surface area contributed by atoms with Crippen LogP contribution in [-0.2, 0) is 0 Å². The first-order valence-electron chi connectivity index (χ1n) is 4.74. The van der Waals surface area contributed by atoms with E-state index < -0.39 is 0 Å². The van der Waals surface area contributed by atoms with Crippen LogP contribution in [0.4, 0.5) is 0 Å². The monoisotopic (exact) mass is 210 g/mol. The van der Waals surface area contributed by atoms with Crippen molar-refractivity contribution in [1.82, 2.24) is 4.98 Å². The molecular weight excluding hydrogens is 202 g/mol. The highest BCUT2D eigenvalue weighted by Crippen LogP contribution is 2.25. The lowest BCUT2D eigenvalue weighted by Gasteiger charge is -1.99. The summed E-state index contributed by atoms with van der Waals surface area (Å²) in [4.78, 5) is 4.32. The van der Waals surface area contributed by atoms with Crippen LogP contribution in [0.3, 0.4) is 0 Å². The van der Waals surface area contributed by atoms with Crippen LogP contribution in [0.5, 0.6) is 0 Å². The molecule has 0 fully saturated rings. The SMILES string of the molecule is [c]1cc(-c2ccccn2)cc2sccc12. The molecule has 3 rings (SSSR count). The molecule has 2 heterocycles. The van der Waals surface area contributed by atoms with Crippen LogP contribution in [-0.4, -0.2) is 4.98 Å². The molecule has 0 N–H and O–H groups in total. The number of hydrogen-bond acceptors (Lipinski definition) is 2. The minimum Gasteiger partial charge on any atom is -0.256 e. The smallest absolute Gasteiger partial charge is 0.0702 e. The number of pyridine rings is 1. The Morgan fingerprint density at radius 3 is 3.07 bits per heavy atom. The molecule has 0 atom stereocenters. The van der Waals surface area contributed by atoms with Crippen molar-refractivity contribution in [1.29, 1.82) is 0 Å². The zero-order valence-corrected chi connectivity index (χ0v) is 8.79. The number of aromatic nitrogens is 1. The molecule has 1 nitrogen and oxygen atoms in total. The van der Waals surface area contributed by atoms with Crippen molar-refractivity contribution in [2.75, 3.05) is 0 Å². The van der Waals surface area contributed by atoms with E-state index in [0.29, 0.717) is 0 Å². The number of hydrogen-bond donors (Lipinski definition) is 0. The highest BCUT2D eigenvalue weighted by atomic mass is 32.1. The summed E-state index contributed by atoms with van der Waals surface area (Å²) in [5.74, 6) is 0. The van der Waals surface area contributed by atoms with E-state index in [4.69, 9.17) is 0 Å². The first-order valence-corrected chi connectivity index (χ1v) is 5.62. The predicted octanol–water partition coefficient (Wildman–Crippen LogP) is 3.76. The van der Waals surface area contributed by atoms with Gasteiger partial charge in [0.15, 0.2) is 0 Å². The predicted molar refractivity (Wildman–Crippen MR) is 63.9 cm³/mol. The number of benzene rings is 1. The molecule has 0 unspecified atom stereocenters. The van der Waals surface area contributed by atoms with Gasteiger partial charge in [0.2, 0.25) is 0 Å². The summed E-state index contributed by atoms with van der Waals surface area (Å²) in [6.45, 7) is 0. The molecule has 0 aliphatic heterocycles. The van der Waals surface area contributed by atoms with Crippen molar-refractivity contribution in [3.05, 3.63) is 54.0 Å². The summed E-state index contributed by atoms with van der Waals surface area (Å²) < 4.78 is 1.26. The standard InChI is InChI=1S/C13H8NS/c1-2-7-14-12(3-1)11-5-4-10-6-8-15-13(10)9-11/h1-3,5-9H. The van der Waals surface area contributed by atoms with Crippen LogP contribution in [0.15, 0.2) is 48.0 Å². The fourth-order valence-corrected chi connectivity index (χ4v) is 2.37. The van der Waals surface area contributed by atoms with Crippen molar-refractivity contribution >= 4 is 21.4 Å². The normalized spacial score (nSPS) is 10.7. The average molecular weight is 210 g/mol. The van der Waals surface area contributed by atoms with E-state index in [1.165, 1.54) is 10.1 Å². The fraction of sp³-hybridized carbons (Fsp3) is 0. The summed E-state index contributed by atoms with van der Waals surface area (Å²) in [7, 11) is 0. The van der Waals surface area contributed by atoms with Gasteiger partial charge in [0.05, 0.1) is 5.69 Å². The Kier molecular flexibility index (Phi) is 2.00. The molecule has 0 aliphatic carbocycles. The van der Waals surface area contributed by atoms with Gasteiger partial charge in [-0.2, -0.15) is 0 Å². The van der Waals surface area contributed by atoms with E-state index in [1.807, 2.05) is 30.5 Å². The van der Waals surface area contributed by atoms with Crippen LogP contribution < -0.4 is 0 Å². The maximum absolute atomic E-state index is 4.32. The van der Waals surface area contributed by atoms with Gasteiger partial charge in [-0.05, 0) is 41.8 Å². The molecule has 1 aromatic carbocycles. The Morgan fingerprint density at radius 2 is 2.20 bits per heavy atom. The molecule has 3 aromatic rings. The van der Waals surface area contributed by atoms with Crippen LogP contribution in [0.2, 0.25) is 0 Å². The van der Waals surface area contributed by atoms with Gasteiger partial charge >= 0.3 is 0 Å².